The van der Waals surface area contributed by atoms with Gasteiger partial charge >= 0.3 is 0 Å². The predicted octanol–water partition coefficient (Wildman–Crippen LogP) is 3.08. The van der Waals surface area contributed by atoms with Gasteiger partial charge < -0.3 is 29.7 Å². The van der Waals surface area contributed by atoms with Crippen LogP contribution < -0.4 is 24.8 Å². The molecule has 9 heteroatoms. The van der Waals surface area contributed by atoms with Crippen LogP contribution >= 0.6 is 0 Å². The van der Waals surface area contributed by atoms with Gasteiger partial charge in [0, 0.05) is 37.6 Å². The number of carbonyl (C=O) groups excluding carboxylic acids is 1. The summed E-state index contributed by atoms with van der Waals surface area (Å²) >= 11 is 0. The third kappa shape index (κ3) is 4.50. The van der Waals surface area contributed by atoms with Crippen LogP contribution in [0.2, 0.25) is 0 Å². The molecular weight excluding hydrogens is 446 g/mol. The lowest BCUT2D eigenvalue weighted by Gasteiger charge is -2.36. The second-order valence-corrected chi connectivity index (χ2v) is 9.03. The molecule has 1 aromatic heterocycles. The molecule has 2 fully saturated rings. The Morgan fingerprint density at radius 3 is 2.20 bits per heavy atom. The molecule has 1 aliphatic heterocycles. The minimum absolute atomic E-state index is 0.0949. The molecule has 2 heterocycles. The van der Waals surface area contributed by atoms with Gasteiger partial charge in [-0.3, -0.25) is 4.79 Å². The summed E-state index contributed by atoms with van der Waals surface area (Å²) in [5.41, 5.74) is 8.03. The first kappa shape index (κ1) is 23.0. The van der Waals surface area contributed by atoms with E-state index in [1.807, 2.05) is 35.2 Å². The Labute approximate surface area is 204 Å². The largest absolute Gasteiger partial charge is 0.497 e. The molecule has 2 aromatic carbocycles. The normalized spacial score (nSPS) is 16.8. The Morgan fingerprint density at radius 2 is 1.60 bits per heavy atom. The molecule has 9 nitrogen and oxygen atoms in total. The van der Waals surface area contributed by atoms with Crippen LogP contribution in [0.1, 0.15) is 24.3 Å². The van der Waals surface area contributed by atoms with Crippen LogP contribution in [0.5, 0.6) is 17.2 Å². The first-order chi connectivity index (χ1) is 17.0. The van der Waals surface area contributed by atoms with Gasteiger partial charge in [0.15, 0.2) is 11.5 Å². The summed E-state index contributed by atoms with van der Waals surface area (Å²) in [5.74, 6) is 3.44. The van der Waals surface area contributed by atoms with Gasteiger partial charge in [0.05, 0.1) is 32.8 Å². The molecule has 2 N–H and O–H groups in total. The van der Waals surface area contributed by atoms with Crippen molar-refractivity contribution in [2.24, 2.45) is 5.92 Å². The SMILES string of the molecule is COc1ccc(C(C(=O)N2CCN(c3nc(N)c4cc(OC)c(OC)cc4n3)CC2)C2CC2)cc1. The number of ether oxygens (including phenoxy) is 3. The minimum atomic E-state index is -0.0949. The fourth-order valence-corrected chi connectivity index (χ4v) is 4.79. The lowest BCUT2D eigenvalue weighted by atomic mass is 9.92. The maximum atomic E-state index is 13.5. The van der Waals surface area contributed by atoms with Crippen LogP contribution in [0, 0.1) is 5.92 Å². The first-order valence-electron chi connectivity index (χ1n) is 11.9. The highest BCUT2D eigenvalue weighted by Crippen LogP contribution is 2.44. The summed E-state index contributed by atoms with van der Waals surface area (Å²) in [4.78, 5) is 26.9. The number of benzene rings is 2. The molecule has 1 aliphatic carbocycles. The molecule has 3 aromatic rings. The molecular formula is C26H31N5O4. The van der Waals surface area contributed by atoms with E-state index in [9.17, 15) is 4.79 Å². The van der Waals surface area contributed by atoms with Gasteiger partial charge in [-0.05, 0) is 42.5 Å². The fraction of sp³-hybridized carbons (Fsp3) is 0.423. The van der Waals surface area contributed by atoms with E-state index in [4.69, 9.17) is 24.9 Å². The molecule has 0 radical (unpaired) electrons. The molecule has 1 amide bonds. The average molecular weight is 478 g/mol. The van der Waals surface area contributed by atoms with Crippen molar-refractivity contribution in [3.8, 4) is 17.2 Å². The first-order valence-corrected chi connectivity index (χ1v) is 11.9. The van der Waals surface area contributed by atoms with Gasteiger partial charge in [-0.15, -0.1) is 0 Å². The van der Waals surface area contributed by atoms with Crippen molar-refractivity contribution in [2.45, 2.75) is 18.8 Å². The summed E-state index contributed by atoms with van der Waals surface area (Å²) in [6.07, 6.45) is 2.20. The van der Waals surface area contributed by atoms with Crippen molar-refractivity contribution >= 4 is 28.6 Å². The molecule has 184 valence electrons. The van der Waals surface area contributed by atoms with Crippen LogP contribution in [0.25, 0.3) is 10.9 Å². The molecule has 1 saturated carbocycles. The maximum Gasteiger partial charge on any atom is 0.230 e. The average Bonchev–Trinajstić information content (AvgIpc) is 3.73. The molecule has 0 spiro atoms. The second-order valence-electron chi connectivity index (χ2n) is 9.03. The molecule has 0 bridgehead atoms. The van der Waals surface area contributed by atoms with E-state index in [1.165, 1.54) is 0 Å². The van der Waals surface area contributed by atoms with Crippen molar-refractivity contribution in [2.75, 3.05) is 58.1 Å². The zero-order chi connectivity index (χ0) is 24.5. The quantitative estimate of drug-likeness (QED) is 0.554. The van der Waals surface area contributed by atoms with Crippen molar-refractivity contribution in [1.29, 1.82) is 0 Å². The van der Waals surface area contributed by atoms with E-state index in [2.05, 4.69) is 9.88 Å². The molecule has 1 saturated heterocycles. The molecule has 35 heavy (non-hydrogen) atoms. The van der Waals surface area contributed by atoms with Crippen LogP contribution in [-0.4, -0.2) is 68.3 Å². The van der Waals surface area contributed by atoms with E-state index >= 15 is 0 Å². The number of methoxy groups -OCH3 is 3. The number of rotatable bonds is 7. The van der Waals surface area contributed by atoms with Crippen molar-refractivity contribution < 1.29 is 19.0 Å². The number of piperazine rings is 1. The van der Waals surface area contributed by atoms with Gasteiger partial charge in [0.25, 0.3) is 0 Å². The Balaban J connectivity index is 1.31. The molecule has 1 atom stereocenters. The number of aromatic nitrogens is 2. The third-order valence-electron chi connectivity index (χ3n) is 6.93. The summed E-state index contributed by atoms with van der Waals surface area (Å²) in [7, 11) is 4.82. The highest BCUT2D eigenvalue weighted by Gasteiger charge is 2.40. The zero-order valence-electron chi connectivity index (χ0n) is 20.4. The predicted molar refractivity (Wildman–Crippen MR) is 134 cm³/mol. The van der Waals surface area contributed by atoms with Crippen molar-refractivity contribution in [3.05, 3.63) is 42.0 Å². The Kier molecular flexibility index (Phi) is 6.23. The van der Waals surface area contributed by atoms with E-state index in [-0.39, 0.29) is 11.8 Å². The van der Waals surface area contributed by atoms with E-state index in [0.717, 1.165) is 24.2 Å². The Morgan fingerprint density at radius 1 is 0.943 bits per heavy atom. The number of anilines is 2. The Bertz CT molecular complexity index is 1220. The number of hydrogen-bond acceptors (Lipinski definition) is 8. The summed E-state index contributed by atoms with van der Waals surface area (Å²) in [6.45, 7) is 2.52. The lowest BCUT2D eigenvalue weighted by Crippen LogP contribution is -2.50. The number of carbonyl (C=O) groups is 1. The van der Waals surface area contributed by atoms with E-state index in [1.54, 1.807) is 27.4 Å². The highest BCUT2D eigenvalue weighted by molar-refractivity contribution is 5.92. The van der Waals surface area contributed by atoms with Crippen molar-refractivity contribution in [1.82, 2.24) is 14.9 Å². The van der Waals surface area contributed by atoms with Crippen molar-refractivity contribution in [3.63, 3.8) is 0 Å². The number of fused-ring (bicyclic) bond motifs is 1. The van der Waals surface area contributed by atoms with Gasteiger partial charge in [-0.25, -0.2) is 4.98 Å². The van der Waals surface area contributed by atoms with Gasteiger partial charge in [-0.1, -0.05) is 12.1 Å². The number of hydrogen-bond donors (Lipinski definition) is 1. The Hall–Kier alpha value is -3.75. The lowest BCUT2D eigenvalue weighted by molar-refractivity contribution is -0.133. The van der Waals surface area contributed by atoms with Crippen LogP contribution in [0.4, 0.5) is 11.8 Å². The van der Waals surface area contributed by atoms with Gasteiger partial charge in [0.1, 0.15) is 11.6 Å². The highest BCUT2D eigenvalue weighted by atomic mass is 16.5. The van der Waals surface area contributed by atoms with E-state index in [0.29, 0.717) is 66.3 Å². The summed E-state index contributed by atoms with van der Waals surface area (Å²) in [6, 6.07) is 11.5. The molecule has 2 aliphatic rings. The number of nitrogen functional groups attached to an aromatic ring is 1. The zero-order valence-corrected chi connectivity index (χ0v) is 20.4. The van der Waals surface area contributed by atoms with Gasteiger partial charge in [0.2, 0.25) is 11.9 Å². The molecule has 1 unspecified atom stereocenters. The van der Waals surface area contributed by atoms with Crippen LogP contribution in [0.3, 0.4) is 0 Å². The standard InChI is InChI=1S/C26H31N5O4/c1-33-18-8-6-17(7-9-18)23(16-4-5-16)25(32)30-10-12-31(13-11-30)26-28-20-15-22(35-3)21(34-2)14-19(20)24(27)29-26/h6-9,14-16,23H,4-5,10-13H2,1-3H3,(H2,27,28,29). The van der Waals surface area contributed by atoms with E-state index < -0.39 is 0 Å². The smallest absolute Gasteiger partial charge is 0.230 e. The topological polar surface area (TPSA) is 103 Å². The van der Waals surface area contributed by atoms with Crippen LogP contribution in [0.15, 0.2) is 36.4 Å². The van der Waals surface area contributed by atoms with Crippen LogP contribution in [-0.2, 0) is 4.79 Å². The monoisotopic (exact) mass is 477 g/mol. The van der Waals surface area contributed by atoms with Gasteiger partial charge in [-0.2, -0.15) is 4.98 Å². The minimum Gasteiger partial charge on any atom is -0.497 e. The maximum absolute atomic E-state index is 13.5. The summed E-state index contributed by atoms with van der Waals surface area (Å²) in [5, 5.41) is 0.715. The fourth-order valence-electron chi connectivity index (χ4n) is 4.79. The second kappa shape index (κ2) is 9.48. The summed E-state index contributed by atoms with van der Waals surface area (Å²) < 4.78 is 16.1. The number of amides is 1. The number of nitrogens with zero attached hydrogens (tertiary/aromatic N) is 4. The third-order valence-corrected chi connectivity index (χ3v) is 6.93. The number of nitrogens with two attached hydrogens (primary N) is 1. The molecule has 5 rings (SSSR count).